The van der Waals surface area contributed by atoms with Crippen LogP contribution in [-0.4, -0.2) is 4.98 Å². The molecule has 12 heavy (non-hydrogen) atoms. The van der Waals surface area contributed by atoms with Crippen LogP contribution < -0.4 is 0 Å². The highest BCUT2D eigenvalue weighted by Crippen LogP contribution is 2.26. The van der Waals surface area contributed by atoms with E-state index in [9.17, 15) is 0 Å². The molecule has 0 unspecified atom stereocenters. The predicted octanol–water partition coefficient (Wildman–Crippen LogP) is 2.33. The second-order valence-corrected chi connectivity index (χ2v) is 3.15. The van der Waals surface area contributed by atoms with Crippen molar-refractivity contribution in [3.8, 4) is 0 Å². The lowest BCUT2D eigenvalue weighted by Gasteiger charge is -2.12. The third-order valence-corrected chi connectivity index (χ3v) is 2.28. The van der Waals surface area contributed by atoms with Gasteiger partial charge in [-0.3, -0.25) is 4.98 Å². The van der Waals surface area contributed by atoms with E-state index >= 15 is 0 Å². The smallest absolute Gasteiger partial charge is 0.0705 e. The van der Waals surface area contributed by atoms with Crippen LogP contribution in [0.4, 0.5) is 0 Å². The molecular formula is C11H7N. The molecule has 1 aromatic heterocycles. The van der Waals surface area contributed by atoms with Crippen LogP contribution in [-0.2, 0) is 0 Å². The zero-order chi connectivity index (χ0) is 8.13. The summed E-state index contributed by atoms with van der Waals surface area (Å²) in [4.78, 5) is 4.46. The number of rotatable bonds is 0. The van der Waals surface area contributed by atoms with Crippen LogP contribution in [0.3, 0.4) is 0 Å². The SMILES string of the molecule is Cc1nc2ccc3cc2cc1[C]3. The monoisotopic (exact) mass is 153 g/mol. The van der Waals surface area contributed by atoms with Crippen molar-refractivity contribution in [1.82, 2.24) is 4.98 Å². The largest absolute Gasteiger partial charge is 0.253 e. The first kappa shape index (κ1) is 6.18. The first-order chi connectivity index (χ1) is 5.83. The van der Waals surface area contributed by atoms with Crippen molar-refractivity contribution in [3.63, 3.8) is 0 Å². The molecule has 0 atom stereocenters. The Morgan fingerprint density at radius 3 is 3.08 bits per heavy atom. The lowest BCUT2D eigenvalue weighted by atomic mass is 9.95. The van der Waals surface area contributed by atoms with E-state index in [1.807, 2.05) is 13.0 Å². The molecular weight excluding hydrogens is 146 g/mol. The first-order valence-electron chi connectivity index (χ1n) is 4.01. The second kappa shape index (κ2) is 1.86. The second-order valence-electron chi connectivity index (χ2n) is 3.15. The van der Waals surface area contributed by atoms with Crippen LogP contribution >= 0.6 is 0 Å². The van der Waals surface area contributed by atoms with Gasteiger partial charge in [-0.2, -0.15) is 0 Å². The van der Waals surface area contributed by atoms with E-state index in [0.29, 0.717) is 0 Å². The average Bonchev–Trinajstić information content (AvgIpc) is 2.07. The van der Waals surface area contributed by atoms with Gasteiger partial charge < -0.3 is 0 Å². The molecule has 1 heteroatoms. The molecule has 0 aliphatic heterocycles. The molecule has 0 saturated heterocycles. The fourth-order valence-electron chi connectivity index (χ4n) is 1.63. The fraction of sp³-hybridized carbons (Fsp3) is 0.0909. The molecule has 1 aromatic carbocycles. The van der Waals surface area contributed by atoms with Gasteiger partial charge >= 0.3 is 0 Å². The van der Waals surface area contributed by atoms with Crippen LogP contribution in [0, 0.1) is 13.3 Å². The highest BCUT2D eigenvalue weighted by atomic mass is 14.7. The van der Waals surface area contributed by atoms with Gasteiger partial charge in [0, 0.05) is 11.1 Å². The van der Waals surface area contributed by atoms with Crippen LogP contribution in [0.1, 0.15) is 16.8 Å². The van der Waals surface area contributed by atoms with Gasteiger partial charge in [0.2, 0.25) is 0 Å². The Labute approximate surface area is 71.1 Å². The van der Waals surface area contributed by atoms with Crippen LogP contribution in [0.2, 0.25) is 0 Å². The summed E-state index contributed by atoms with van der Waals surface area (Å²) in [5.41, 5.74) is 4.46. The molecule has 1 heterocycles. The summed E-state index contributed by atoms with van der Waals surface area (Å²) in [6.45, 7) is 2.03. The molecule has 0 N–H and O–H groups in total. The molecule has 56 valence electrons. The minimum Gasteiger partial charge on any atom is -0.253 e. The third kappa shape index (κ3) is 0.658. The number of hydrogen-bond donors (Lipinski definition) is 0. The maximum atomic E-state index is 4.46. The third-order valence-electron chi connectivity index (χ3n) is 2.28. The molecule has 1 aliphatic rings. The Hall–Kier alpha value is -1.37. The number of fused-ring (bicyclic) bond motifs is 2. The Balaban J connectivity index is 2.60. The maximum absolute atomic E-state index is 4.46. The van der Waals surface area contributed by atoms with Gasteiger partial charge in [-0.25, -0.2) is 0 Å². The van der Waals surface area contributed by atoms with Crippen molar-refractivity contribution in [2.75, 3.05) is 0 Å². The number of hydrogen-bond acceptors (Lipinski definition) is 1. The van der Waals surface area contributed by atoms with E-state index < -0.39 is 0 Å². The Morgan fingerprint density at radius 2 is 2.17 bits per heavy atom. The summed E-state index contributed by atoms with van der Waals surface area (Å²) in [5.74, 6) is 0. The standard InChI is InChI=1S/C11H7N/c1-7-9-4-8-2-3-11(12-7)10(5-8)6-9/h2-3,5-6H,1H3. The van der Waals surface area contributed by atoms with Crippen molar-refractivity contribution in [1.29, 1.82) is 0 Å². The summed E-state index contributed by atoms with van der Waals surface area (Å²) < 4.78 is 0. The van der Waals surface area contributed by atoms with Crippen molar-refractivity contribution in [3.05, 3.63) is 47.5 Å². The molecule has 1 nitrogen and oxygen atoms in total. The van der Waals surface area contributed by atoms with Gasteiger partial charge in [0.05, 0.1) is 11.9 Å². The number of nitrogens with zero attached hydrogens (tertiary/aromatic N) is 1. The highest BCUT2D eigenvalue weighted by molar-refractivity contribution is 5.83. The maximum Gasteiger partial charge on any atom is 0.0705 e. The van der Waals surface area contributed by atoms with Gasteiger partial charge in [0.15, 0.2) is 0 Å². The van der Waals surface area contributed by atoms with Crippen LogP contribution in [0.25, 0.3) is 10.9 Å². The van der Waals surface area contributed by atoms with E-state index in [1.54, 1.807) is 0 Å². The van der Waals surface area contributed by atoms with Crippen molar-refractivity contribution in [2.24, 2.45) is 0 Å². The van der Waals surface area contributed by atoms with Crippen molar-refractivity contribution >= 4 is 10.9 Å². The first-order valence-corrected chi connectivity index (χ1v) is 4.01. The van der Waals surface area contributed by atoms with Crippen LogP contribution in [0.5, 0.6) is 0 Å². The van der Waals surface area contributed by atoms with Crippen molar-refractivity contribution < 1.29 is 0 Å². The zero-order valence-corrected chi connectivity index (χ0v) is 6.76. The van der Waals surface area contributed by atoms with Gasteiger partial charge in [0.25, 0.3) is 0 Å². The fourth-order valence-corrected chi connectivity index (χ4v) is 1.63. The topological polar surface area (TPSA) is 12.9 Å². The Morgan fingerprint density at radius 1 is 1.25 bits per heavy atom. The van der Waals surface area contributed by atoms with E-state index in [2.05, 4.69) is 29.6 Å². The lowest BCUT2D eigenvalue weighted by molar-refractivity contribution is 1.19. The minimum absolute atomic E-state index is 1.07. The number of aromatic nitrogens is 1. The van der Waals surface area contributed by atoms with Gasteiger partial charge in [-0.05, 0) is 36.2 Å². The average molecular weight is 153 g/mol. The molecule has 0 spiro atoms. The number of pyridine rings is 1. The van der Waals surface area contributed by atoms with E-state index in [1.165, 1.54) is 10.9 Å². The summed E-state index contributed by atoms with van der Waals surface area (Å²) in [5, 5.41) is 1.23. The van der Waals surface area contributed by atoms with Gasteiger partial charge in [-0.1, -0.05) is 6.07 Å². The molecule has 3 bridgehead atoms. The summed E-state index contributed by atoms with van der Waals surface area (Å²) in [6, 6.07) is 8.37. The van der Waals surface area contributed by atoms with Gasteiger partial charge in [0.1, 0.15) is 0 Å². The van der Waals surface area contributed by atoms with Gasteiger partial charge in [-0.15, -0.1) is 0 Å². The molecule has 1 aliphatic carbocycles. The van der Waals surface area contributed by atoms with Crippen LogP contribution in [0.15, 0.2) is 24.3 Å². The molecule has 0 fully saturated rings. The molecule has 0 amide bonds. The summed E-state index contributed by atoms with van der Waals surface area (Å²) in [7, 11) is 0. The highest BCUT2D eigenvalue weighted by Gasteiger charge is 2.10. The molecule has 2 aromatic rings. The van der Waals surface area contributed by atoms with E-state index in [-0.39, 0.29) is 0 Å². The molecule has 0 saturated carbocycles. The summed E-state index contributed by atoms with van der Waals surface area (Å²) >= 11 is 0. The Kier molecular flexibility index (Phi) is 0.959. The Bertz CT molecular complexity index is 466. The minimum atomic E-state index is 1.07. The van der Waals surface area contributed by atoms with E-state index in [4.69, 9.17) is 0 Å². The number of benzene rings is 1. The summed E-state index contributed by atoms with van der Waals surface area (Å²) in [6.07, 6.45) is 3.29. The predicted molar refractivity (Wildman–Crippen MR) is 47.9 cm³/mol. The molecule has 3 rings (SSSR count). The lowest BCUT2D eigenvalue weighted by Crippen LogP contribution is -1.98. The quantitative estimate of drug-likeness (QED) is 0.483. The number of aryl methyl sites for hydroxylation is 1. The normalized spacial score (nSPS) is 13.1. The molecule has 2 radical (unpaired) electrons. The van der Waals surface area contributed by atoms with E-state index in [0.717, 1.165) is 16.8 Å². The van der Waals surface area contributed by atoms with Crippen molar-refractivity contribution in [2.45, 2.75) is 6.92 Å². The zero-order valence-electron chi connectivity index (χ0n) is 6.76.